The SMILES string of the molecule is OC1(CCC2OCCCO2)CC2CCCC(C1)S2. The summed E-state index contributed by atoms with van der Waals surface area (Å²) in [6.07, 6.45) is 8.50. The maximum absolute atomic E-state index is 10.8. The lowest BCUT2D eigenvalue weighted by Crippen LogP contribution is -2.43. The molecule has 0 amide bonds. The summed E-state index contributed by atoms with van der Waals surface area (Å²) in [6.45, 7) is 1.62. The summed E-state index contributed by atoms with van der Waals surface area (Å²) in [7, 11) is 0. The molecule has 1 N–H and O–H groups in total. The lowest BCUT2D eigenvalue weighted by Gasteiger charge is -2.44. The molecule has 2 bridgehead atoms. The molecular weight excluding hydrogens is 248 g/mol. The Kier molecular flexibility index (Phi) is 4.18. The summed E-state index contributed by atoms with van der Waals surface area (Å²) >= 11 is 2.11. The van der Waals surface area contributed by atoms with Crippen LogP contribution in [-0.4, -0.2) is 40.7 Å². The van der Waals surface area contributed by atoms with E-state index >= 15 is 0 Å². The van der Waals surface area contributed by atoms with Gasteiger partial charge in [-0.2, -0.15) is 11.8 Å². The molecule has 2 atom stereocenters. The van der Waals surface area contributed by atoms with Gasteiger partial charge in [-0.05, 0) is 38.5 Å². The van der Waals surface area contributed by atoms with Crippen LogP contribution in [0.5, 0.6) is 0 Å². The smallest absolute Gasteiger partial charge is 0.157 e. The highest BCUT2D eigenvalue weighted by atomic mass is 32.2. The fourth-order valence-electron chi connectivity index (χ4n) is 3.51. The van der Waals surface area contributed by atoms with E-state index in [0.717, 1.165) is 45.3 Å². The summed E-state index contributed by atoms with van der Waals surface area (Å²) in [6, 6.07) is 0. The topological polar surface area (TPSA) is 38.7 Å². The molecule has 0 aromatic rings. The van der Waals surface area contributed by atoms with Gasteiger partial charge in [0.25, 0.3) is 0 Å². The van der Waals surface area contributed by atoms with Crippen molar-refractivity contribution in [3.63, 3.8) is 0 Å². The van der Waals surface area contributed by atoms with Gasteiger partial charge in [0.15, 0.2) is 6.29 Å². The lowest BCUT2D eigenvalue weighted by atomic mass is 9.82. The van der Waals surface area contributed by atoms with E-state index in [4.69, 9.17) is 9.47 Å². The van der Waals surface area contributed by atoms with E-state index in [1.807, 2.05) is 0 Å². The van der Waals surface area contributed by atoms with Crippen molar-refractivity contribution in [2.24, 2.45) is 0 Å². The van der Waals surface area contributed by atoms with Gasteiger partial charge in [-0.25, -0.2) is 0 Å². The van der Waals surface area contributed by atoms with Gasteiger partial charge < -0.3 is 14.6 Å². The molecule has 4 heteroatoms. The number of aliphatic hydroxyl groups is 1. The molecule has 3 nitrogen and oxygen atoms in total. The Morgan fingerprint density at radius 3 is 2.39 bits per heavy atom. The largest absolute Gasteiger partial charge is 0.390 e. The van der Waals surface area contributed by atoms with Crippen molar-refractivity contribution in [3.05, 3.63) is 0 Å². The Bertz CT molecular complexity index is 266. The average molecular weight is 272 g/mol. The van der Waals surface area contributed by atoms with Crippen LogP contribution in [0.2, 0.25) is 0 Å². The first-order valence-corrected chi connectivity index (χ1v) is 8.29. The van der Waals surface area contributed by atoms with Crippen LogP contribution in [0.25, 0.3) is 0 Å². The molecule has 0 saturated carbocycles. The first kappa shape index (κ1) is 13.2. The third kappa shape index (κ3) is 3.21. The lowest BCUT2D eigenvalue weighted by molar-refractivity contribution is -0.187. The van der Waals surface area contributed by atoms with Gasteiger partial charge in [-0.1, -0.05) is 6.42 Å². The molecule has 18 heavy (non-hydrogen) atoms. The first-order chi connectivity index (χ1) is 8.73. The molecular formula is C14H24O3S. The van der Waals surface area contributed by atoms with E-state index < -0.39 is 5.60 Å². The van der Waals surface area contributed by atoms with Crippen LogP contribution in [-0.2, 0) is 9.47 Å². The van der Waals surface area contributed by atoms with Crippen molar-refractivity contribution < 1.29 is 14.6 Å². The Balaban J connectivity index is 1.51. The molecule has 3 saturated heterocycles. The van der Waals surface area contributed by atoms with Crippen molar-refractivity contribution in [2.75, 3.05) is 13.2 Å². The van der Waals surface area contributed by atoms with Crippen LogP contribution < -0.4 is 0 Å². The maximum atomic E-state index is 10.8. The number of thioether (sulfide) groups is 1. The second-order valence-electron chi connectivity index (χ2n) is 6.01. The Morgan fingerprint density at radius 1 is 1.06 bits per heavy atom. The van der Waals surface area contributed by atoms with Crippen molar-refractivity contribution in [3.8, 4) is 0 Å². The van der Waals surface area contributed by atoms with Crippen molar-refractivity contribution in [1.82, 2.24) is 0 Å². The minimum absolute atomic E-state index is 0.0720. The second kappa shape index (κ2) is 5.70. The third-order valence-corrected chi connectivity index (χ3v) is 5.97. The van der Waals surface area contributed by atoms with Crippen molar-refractivity contribution >= 4 is 11.8 Å². The zero-order valence-electron chi connectivity index (χ0n) is 11.0. The quantitative estimate of drug-likeness (QED) is 0.857. The molecule has 0 radical (unpaired) electrons. The molecule has 0 aromatic heterocycles. The van der Waals surface area contributed by atoms with Crippen LogP contribution in [0.3, 0.4) is 0 Å². The maximum Gasteiger partial charge on any atom is 0.157 e. The van der Waals surface area contributed by atoms with E-state index in [-0.39, 0.29) is 6.29 Å². The molecule has 3 rings (SSSR count). The summed E-state index contributed by atoms with van der Waals surface area (Å²) in [5.41, 5.74) is -0.453. The standard InChI is InChI=1S/C14H24O3S/c15-14(6-5-13-16-7-2-8-17-13)9-11-3-1-4-12(10-14)18-11/h11-13,15H,1-10H2. The average Bonchev–Trinajstić information content (AvgIpc) is 2.37. The Labute approximate surface area is 114 Å². The first-order valence-electron chi connectivity index (χ1n) is 7.35. The molecule has 3 aliphatic rings. The molecule has 2 unspecified atom stereocenters. The monoisotopic (exact) mass is 272 g/mol. The fraction of sp³-hybridized carbons (Fsp3) is 1.00. The Hall–Kier alpha value is 0.230. The van der Waals surface area contributed by atoms with Crippen LogP contribution in [0, 0.1) is 0 Å². The highest BCUT2D eigenvalue weighted by molar-refractivity contribution is 8.00. The number of hydrogen-bond acceptors (Lipinski definition) is 4. The van der Waals surface area contributed by atoms with Crippen molar-refractivity contribution in [2.45, 2.75) is 73.8 Å². The Morgan fingerprint density at radius 2 is 1.72 bits per heavy atom. The van der Waals surface area contributed by atoms with Crippen molar-refractivity contribution in [1.29, 1.82) is 0 Å². The second-order valence-corrected chi connectivity index (χ2v) is 7.61. The minimum atomic E-state index is -0.453. The highest BCUT2D eigenvalue weighted by Crippen LogP contribution is 2.47. The number of fused-ring (bicyclic) bond motifs is 2. The fourth-order valence-corrected chi connectivity index (χ4v) is 5.47. The normalized spacial score (nSPS) is 41.8. The predicted octanol–water partition coefficient (Wildman–Crippen LogP) is 2.71. The van der Waals surface area contributed by atoms with Crippen LogP contribution in [0.15, 0.2) is 0 Å². The zero-order chi connectivity index (χ0) is 12.4. The van der Waals surface area contributed by atoms with Gasteiger partial charge in [0.1, 0.15) is 0 Å². The predicted molar refractivity (Wildman–Crippen MR) is 72.7 cm³/mol. The van der Waals surface area contributed by atoms with E-state index in [0.29, 0.717) is 10.5 Å². The summed E-state index contributed by atoms with van der Waals surface area (Å²) in [5, 5.41) is 12.2. The number of ether oxygens (including phenoxy) is 2. The van der Waals surface area contributed by atoms with Crippen LogP contribution in [0.1, 0.15) is 51.4 Å². The van der Waals surface area contributed by atoms with Gasteiger partial charge in [-0.15, -0.1) is 0 Å². The summed E-state index contributed by atoms with van der Waals surface area (Å²) in [4.78, 5) is 0. The molecule has 0 aromatic carbocycles. The molecule has 3 heterocycles. The molecule has 0 spiro atoms. The zero-order valence-corrected chi connectivity index (χ0v) is 11.8. The van der Waals surface area contributed by atoms with Gasteiger partial charge in [0.2, 0.25) is 0 Å². The minimum Gasteiger partial charge on any atom is -0.390 e. The molecule has 3 fully saturated rings. The van der Waals surface area contributed by atoms with Gasteiger partial charge >= 0.3 is 0 Å². The highest BCUT2D eigenvalue weighted by Gasteiger charge is 2.41. The summed E-state index contributed by atoms with van der Waals surface area (Å²) in [5.74, 6) is 0. The molecule has 3 aliphatic heterocycles. The molecule has 0 aliphatic carbocycles. The van der Waals surface area contributed by atoms with Gasteiger partial charge in [-0.3, -0.25) is 0 Å². The van der Waals surface area contributed by atoms with Crippen LogP contribution in [0.4, 0.5) is 0 Å². The van der Waals surface area contributed by atoms with E-state index in [1.54, 1.807) is 0 Å². The van der Waals surface area contributed by atoms with Gasteiger partial charge in [0, 0.05) is 16.9 Å². The van der Waals surface area contributed by atoms with Gasteiger partial charge in [0.05, 0.1) is 18.8 Å². The summed E-state index contributed by atoms with van der Waals surface area (Å²) < 4.78 is 11.1. The van der Waals surface area contributed by atoms with Crippen LogP contribution >= 0.6 is 11.8 Å². The number of rotatable bonds is 3. The third-order valence-electron chi connectivity index (χ3n) is 4.39. The molecule has 104 valence electrons. The number of hydrogen-bond donors (Lipinski definition) is 1. The van der Waals surface area contributed by atoms with E-state index in [1.165, 1.54) is 19.3 Å². The van der Waals surface area contributed by atoms with E-state index in [2.05, 4.69) is 11.8 Å². The van der Waals surface area contributed by atoms with E-state index in [9.17, 15) is 5.11 Å².